The average Bonchev–Trinajstić information content (AvgIpc) is 2.29. The number of thiocarbonyl (C=S) groups is 1. The molecule has 0 spiro atoms. The summed E-state index contributed by atoms with van der Waals surface area (Å²) in [5, 5.41) is 0. The minimum absolute atomic E-state index is 0.323. The van der Waals surface area contributed by atoms with E-state index in [-0.39, 0.29) is 0 Å². The molecule has 1 rings (SSSR count). The van der Waals surface area contributed by atoms with Crippen molar-refractivity contribution in [1.82, 2.24) is 4.98 Å². The van der Waals surface area contributed by atoms with Crippen molar-refractivity contribution in [2.75, 3.05) is 25.2 Å². The van der Waals surface area contributed by atoms with Gasteiger partial charge in [0, 0.05) is 25.9 Å². The number of rotatable bonds is 6. The Kier molecular flexibility index (Phi) is 5.31. The van der Waals surface area contributed by atoms with Crippen LogP contribution in [0.25, 0.3) is 0 Å². The van der Waals surface area contributed by atoms with Crippen molar-refractivity contribution < 1.29 is 4.74 Å². The molecule has 94 valence electrons. The van der Waals surface area contributed by atoms with Crippen LogP contribution >= 0.6 is 12.2 Å². The molecule has 0 fully saturated rings. The van der Waals surface area contributed by atoms with Crippen molar-refractivity contribution >= 4 is 22.9 Å². The van der Waals surface area contributed by atoms with Gasteiger partial charge in [-0.05, 0) is 26.0 Å². The molecule has 0 unspecified atom stereocenters. The number of aromatic nitrogens is 1. The van der Waals surface area contributed by atoms with E-state index >= 15 is 0 Å². The Hall–Kier alpha value is -1.20. The fraction of sp³-hybridized carbons (Fsp3) is 0.500. The second kappa shape index (κ2) is 6.51. The van der Waals surface area contributed by atoms with Crippen molar-refractivity contribution in [3.63, 3.8) is 0 Å². The summed E-state index contributed by atoms with van der Waals surface area (Å²) < 4.78 is 5.12. The van der Waals surface area contributed by atoms with Crippen molar-refractivity contribution in [3.8, 4) is 0 Å². The third-order valence-corrected chi connectivity index (χ3v) is 2.68. The number of anilines is 1. The van der Waals surface area contributed by atoms with Gasteiger partial charge in [-0.25, -0.2) is 0 Å². The molecule has 0 amide bonds. The molecule has 0 aliphatic heterocycles. The third kappa shape index (κ3) is 3.64. The summed E-state index contributed by atoms with van der Waals surface area (Å²) in [6, 6.07) is 4.21. The first-order valence-electron chi connectivity index (χ1n) is 5.58. The summed E-state index contributed by atoms with van der Waals surface area (Å²) in [5.41, 5.74) is 7.33. The van der Waals surface area contributed by atoms with Gasteiger partial charge in [0.2, 0.25) is 0 Å². The van der Waals surface area contributed by atoms with Crippen LogP contribution in [0.5, 0.6) is 0 Å². The van der Waals surface area contributed by atoms with Crippen LogP contribution in [-0.4, -0.2) is 36.3 Å². The maximum atomic E-state index is 5.69. The molecular weight excluding hydrogens is 234 g/mol. The SMILES string of the molecule is COCCN(c1cccnc1C(N)=S)C(C)C. The zero-order chi connectivity index (χ0) is 12.8. The minimum Gasteiger partial charge on any atom is -0.388 e. The Labute approximate surface area is 108 Å². The maximum absolute atomic E-state index is 5.69. The number of nitrogens with two attached hydrogens (primary N) is 1. The second-order valence-corrected chi connectivity index (χ2v) is 4.46. The van der Waals surface area contributed by atoms with Gasteiger partial charge in [0.05, 0.1) is 12.3 Å². The van der Waals surface area contributed by atoms with E-state index in [2.05, 4.69) is 23.7 Å². The van der Waals surface area contributed by atoms with Crippen LogP contribution < -0.4 is 10.6 Å². The van der Waals surface area contributed by atoms with Crippen molar-refractivity contribution in [2.45, 2.75) is 19.9 Å². The van der Waals surface area contributed by atoms with Crippen molar-refractivity contribution in [2.24, 2.45) is 5.73 Å². The highest BCUT2D eigenvalue weighted by Crippen LogP contribution is 2.20. The fourth-order valence-electron chi connectivity index (χ4n) is 1.66. The Balaban J connectivity index is 3.04. The van der Waals surface area contributed by atoms with Gasteiger partial charge in [0.15, 0.2) is 0 Å². The predicted octanol–water partition coefficient (Wildman–Crippen LogP) is 1.58. The van der Waals surface area contributed by atoms with Gasteiger partial charge in [-0.1, -0.05) is 12.2 Å². The summed E-state index contributed by atoms with van der Waals surface area (Å²) in [7, 11) is 1.69. The van der Waals surface area contributed by atoms with Crippen LogP contribution in [-0.2, 0) is 4.74 Å². The highest BCUT2D eigenvalue weighted by molar-refractivity contribution is 7.80. The molecular formula is C12H19N3OS. The Morgan fingerprint density at radius 2 is 2.29 bits per heavy atom. The van der Waals surface area contributed by atoms with Gasteiger partial charge in [-0.15, -0.1) is 0 Å². The van der Waals surface area contributed by atoms with Gasteiger partial charge in [0.25, 0.3) is 0 Å². The third-order valence-electron chi connectivity index (χ3n) is 2.49. The van der Waals surface area contributed by atoms with E-state index in [1.807, 2.05) is 12.1 Å². The van der Waals surface area contributed by atoms with Gasteiger partial charge in [0.1, 0.15) is 10.7 Å². The first-order valence-corrected chi connectivity index (χ1v) is 5.99. The molecule has 0 bridgehead atoms. The predicted molar refractivity (Wildman–Crippen MR) is 74.5 cm³/mol. The van der Waals surface area contributed by atoms with Crippen molar-refractivity contribution in [3.05, 3.63) is 24.0 Å². The first-order chi connectivity index (χ1) is 8.07. The second-order valence-electron chi connectivity index (χ2n) is 4.02. The lowest BCUT2D eigenvalue weighted by molar-refractivity contribution is 0.204. The number of ether oxygens (including phenoxy) is 1. The fourth-order valence-corrected chi connectivity index (χ4v) is 1.82. The number of pyridine rings is 1. The van der Waals surface area contributed by atoms with Crippen LogP contribution in [0, 0.1) is 0 Å². The zero-order valence-electron chi connectivity index (χ0n) is 10.5. The zero-order valence-corrected chi connectivity index (χ0v) is 11.3. The summed E-state index contributed by atoms with van der Waals surface area (Å²) in [4.78, 5) is 6.75. The summed E-state index contributed by atoms with van der Waals surface area (Å²) in [6.45, 7) is 5.68. The number of methoxy groups -OCH3 is 1. The lowest BCUT2D eigenvalue weighted by atomic mass is 10.2. The molecule has 0 aliphatic carbocycles. The largest absolute Gasteiger partial charge is 0.388 e. The lowest BCUT2D eigenvalue weighted by Gasteiger charge is -2.29. The van der Waals surface area contributed by atoms with Gasteiger partial charge >= 0.3 is 0 Å². The lowest BCUT2D eigenvalue weighted by Crippen LogP contribution is -2.35. The van der Waals surface area contributed by atoms with Gasteiger partial charge < -0.3 is 15.4 Å². The van der Waals surface area contributed by atoms with E-state index in [0.29, 0.717) is 23.3 Å². The molecule has 0 radical (unpaired) electrons. The summed E-state index contributed by atoms with van der Waals surface area (Å²) in [5.74, 6) is 0. The molecule has 1 heterocycles. The number of hydrogen-bond donors (Lipinski definition) is 1. The monoisotopic (exact) mass is 253 g/mol. The summed E-state index contributed by atoms with van der Waals surface area (Å²) in [6.07, 6.45) is 1.70. The Morgan fingerprint density at radius 1 is 1.59 bits per heavy atom. The molecule has 1 aromatic heterocycles. The molecule has 0 aliphatic rings. The molecule has 1 aromatic rings. The molecule has 0 saturated carbocycles. The number of nitrogens with zero attached hydrogens (tertiary/aromatic N) is 2. The molecule has 4 nitrogen and oxygen atoms in total. The van der Waals surface area contributed by atoms with Crippen LogP contribution in [0.1, 0.15) is 19.5 Å². The van der Waals surface area contributed by atoms with E-state index in [0.717, 1.165) is 12.2 Å². The topological polar surface area (TPSA) is 51.4 Å². The van der Waals surface area contributed by atoms with Crippen LogP contribution in [0.15, 0.2) is 18.3 Å². The Bertz CT molecular complexity index is 382. The molecule has 17 heavy (non-hydrogen) atoms. The van der Waals surface area contributed by atoms with E-state index in [4.69, 9.17) is 22.7 Å². The molecule has 0 aromatic carbocycles. The summed E-state index contributed by atoms with van der Waals surface area (Å²) >= 11 is 5.03. The highest BCUT2D eigenvalue weighted by atomic mass is 32.1. The maximum Gasteiger partial charge on any atom is 0.124 e. The van der Waals surface area contributed by atoms with Gasteiger partial charge in [-0.2, -0.15) is 0 Å². The van der Waals surface area contributed by atoms with Crippen LogP contribution in [0.4, 0.5) is 5.69 Å². The van der Waals surface area contributed by atoms with Crippen molar-refractivity contribution in [1.29, 1.82) is 0 Å². The molecule has 0 atom stereocenters. The minimum atomic E-state index is 0.323. The van der Waals surface area contributed by atoms with E-state index < -0.39 is 0 Å². The van der Waals surface area contributed by atoms with Crippen LogP contribution in [0.3, 0.4) is 0 Å². The van der Waals surface area contributed by atoms with Gasteiger partial charge in [-0.3, -0.25) is 4.98 Å². The van der Waals surface area contributed by atoms with E-state index in [1.54, 1.807) is 13.3 Å². The first kappa shape index (κ1) is 13.9. The van der Waals surface area contributed by atoms with Crippen LogP contribution in [0.2, 0.25) is 0 Å². The molecule has 5 heteroatoms. The average molecular weight is 253 g/mol. The molecule has 0 saturated heterocycles. The Morgan fingerprint density at radius 3 is 2.82 bits per heavy atom. The number of hydrogen-bond acceptors (Lipinski definition) is 4. The highest BCUT2D eigenvalue weighted by Gasteiger charge is 2.16. The van der Waals surface area contributed by atoms with E-state index in [9.17, 15) is 0 Å². The quantitative estimate of drug-likeness (QED) is 0.780. The standard InChI is InChI=1S/C12H19N3OS/c1-9(2)15(7-8-16-3)10-5-4-6-14-11(10)12(13)17/h4-6,9H,7-8H2,1-3H3,(H2,13,17). The smallest absolute Gasteiger partial charge is 0.124 e. The van der Waals surface area contributed by atoms with E-state index in [1.165, 1.54) is 0 Å². The normalized spacial score (nSPS) is 10.6. The molecule has 2 N–H and O–H groups in total.